The Hall–Kier alpha value is -3.29. The van der Waals surface area contributed by atoms with Gasteiger partial charge in [0.1, 0.15) is 11.3 Å². The molecule has 2 amide bonds. The van der Waals surface area contributed by atoms with Crippen LogP contribution in [0.3, 0.4) is 0 Å². The lowest BCUT2D eigenvalue weighted by Gasteiger charge is -2.24. The number of nitrogens with one attached hydrogen (secondary N) is 2. The lowest BCUT2D eigenvalue weighted by Crippen LogP contribution is -2.35. The highest BCUT2D eigenvalue weighted by Gasteiger charge is 2.30. The SMILES string of the molecule is O=C1CC(C(=O)NCCCn2nnc3ccccc32)c2ccc(F)cc2N1. The molecule has 0 radical (unpaired) electrons. The van der Waals surface area contributed by atoms with E-state index in [0.29, 0.717) is 30.8 Å². The molecular formula is C19H18FN5O2. The number of hydrogen-bond donors (Lipinski definition) is 2. The lowest BCUT2D eigenvalue weighted by molar-refractivity contribution is -0.126. The minimum Gasteiger partial charge on any atom is -0.355 e. The second-order valence-electron chi connectivity index (χ2n) is 6.48. The Labute approximate surface area is 154 Å². The fourth-order valence-corrected chi connectivity index (χ4v) is 3.32. The van der Waals surface area contributed by atoms with Gasteiger partial charge in [-0.15, -0.1) is 5.10 Å². The van der Waals surface area contributed by atoms with Crippen LogP contribution >= 0.6 is 0 Å². The molecule has 7 nitrogen and oxygen atoms in total. The number of anilines is 1. The van der Waals surface area contributed by atoms with E-state index in [2.05, 4.69) is 20.9 Å². The van der Waals surface area contributed by atoms with E-state index in [0.717, 1.165) is 11.0 Å². The fourth-order valence-electron chi connectivity index (χ4n) is 3.32. The van der Waals surface area contributed by atoms with Crippen LogP contribution in [0.25, 0.3) is 11.0 Å². The summed E-state index contributed by atoms with van der Waals surface area (Å²) in [5.74, 6) is -1.58. The van der Waals surface area contributed by atoms with Crippen molar-refractivity contribution in [3.8, 4) is 0 Å². The van der Waals surface area contributed by atoms with Crippen molar-refractivity contribution < 1.29 is 14.0 Å². The van der Waals surface area contributed by atoms with Crippen LogP contribution in [0.15, 0.2) is 42.5 Å². The molecule has 0 fully saturated rings. The Morgan fingerprint density at radius 1 is 1.30 bits per heavy atom. The van der Waals surface area contributed by atoms with Crippen molar-refractivity contribution in [1.82, 2.24) is 20.3 Å². The molecule has 3 aromatic rings. The van der Waals surface area contributed by atoms with Crippen LogP contribution in [0.1, 0.15) is 24.3 Å². The van der Waals surface area contributed by atoms with Crippen molar-refractivity contribution >= 4 is 28.5 Å². The minimum absolute atomic E-state index is 0.0537. The number of halogens is 1. The molecule has 0 saturated heterocycles. The van der Waals surface area contributed by atoms with E-state index >= 15 is 0 Å². The summed E-state index contributed by atoms with van der Waals surface area (Å²) in [6.45, 7) is 1.06. The fraction of sp³-hybridized carbons (Fsp3) is 0.263. The van der Waals surface area contributed by atoms with E-state index in [4.69, 9.17) is 0 Å². The van der Waals surface area contributed by atoms with Gasteiger partial charge in [-0.2, -0.15) is 0 Å². The molecule has 1 unspecified atom stereocenters. The number of aromatic nitrogens is 3. The number of hydrogen-bond acceptors (Lipinski definition) is 4. The van der Waals surface area contributed by atoms with Gasteiger partial charge in [0.05, 0.1) is 11.4 Å². The maximum absolute atomic E-state index is 13.4. The van der Waals surface area contributed by atoms with Crippen molar-refractivity contribution in [2.45, 2.75) is 25.3 Å². The third kappa shape index (κ3) is 3.51. The first-order valence-corrected chi connectivity index (χ1v) is 8.77. The molecule has 2 N–H and O–H groups in total. The molecule has 1 aliphatic rings. The molecule has 27 heavy (non-hydrogen) atoms. The predicted molar refractivity (Wildman–Crippen MR) is 97.5 cm³/mol. The van der Waals surface area contributed by atoms with Gasteiger partial charge >= 0.3 is 0 Å². The highest BCUT2D eigenvalue weighted by molar-refractivity contribution is 6.01. The lowest BCUT2D eigenvalue weighted by atomic mass is 9.89. The van der Waals surface area contributed by atoms with Gasteiger partial charge in [-0.1, -0.05) is 23.4 Å². The first-order valence-electron chi connectivity index (χ1n) is 8.77. The first kappa shape index (κ1) is 17.1. The molecule has 8 heteroatoms. The minimum atomic E-state index is -0.610. The van der Waals surface area contributed by atoms with Crippen LogP contribution in [-0.4, -0.2) is 33.4 Å². The van der Waals surface area contributed by atoms with E-state index in [9.17, 15) is 14.0 Å². The quantitative estimate of drug-likeness (QED) is 0.677. The Morgan fingerprint density at radius 3 is 3.04 bits per heavy atom. The Balaban J connectivity index is 1.37. The van der Waals surface area contributed by atoms with Crippen LogP contribution < -0.4 is 10.6 Å². The normalized spacial score (nSPS) is 16.0. The van der Waals surface area contributed by atoms with Crippen LogP contribution in [-0.2, 0) is 16.1 Å². The number of aryl methyl sites for hydroxylation is 1. The summed E-state index contributed by atoms with van der Waals surface area (Å²) in [7, 11) is 0. The maximum Gasteiger partial charge on any atom is 0.228 e. The van der Waals surface area contributed by atoms with Crippen molar-refractivity contribution in [3.05, 3.63) is 53.8 Å². The van der Waals surface area contributed by atoms with Gasteiger partial charge in [-0.3, -0.25) is 9.59 Å². The molecule has 0 aliphatic carbocycles. The van der Waals surface area contributed by atoms with Crippen molar-refractivity contribution in [2.75, 3.05) is 11.9 Å². The largest absolute Gasteiger partial charge is 0.355 e. The number of amides is 2. The zero-order chi connectivity index (χ0) is 18.8. The molecule has 1 atom stereocenters. The number of fused-ring (bicyclic) bond motifs is 2. The second kappa shape index (κ2) is 7.14. The van der Waals surface area contributed by atoms with Crippen LogP contribution in [0.4, 0.5) is 10.1 Å². The third-order valence-electron chi connectivity index (χ3n) is 4.64. The van der Waals surface area contributed by atoms with Gasteiger partial charge in [0.15, 0.2) is 0 Å². The van der Waals surface area contributed by atoms with E-state index in [1.807, 2.05) is 24.3 Å². The molecule has 0 saturated carbocycles. The van der Waals surface area contributed by atoms with Crippen LogP contribution in [0.2, 0.25) is 0 Å². The topological polar surface area (TPSA) is 88.9 Å². The smallest absolute Gasteiger partial charge is 0.228 e. The summed E-state index contributed by atoms with van der Waals surface area (Å²) in [6, 6.07) is 11.8. The summed E-state index contributed by atoms with van der Waals surface area (Å²) in [5.41, 5.74) is 2.78. The van der Waals surface area contributed by atoms with Gasteiger partial charge < -0.3 is 10.6 Å². The van der Waals surface area contributed by atoms with Crippen molar-refractivity contribution in [2.24, 2.45) is 0 Å². The van der Waals surface area contributed by atoms with E-state index in [-0.39, 0.29) is 18.2 Å². The van der Waals surface area contributed by atoms with E-state index in [1.54, 1.807) is 10.7 Å². The Bertz CT molecular complexity index is 1020. The number of benzene rings is 2. The molecule has 2 aromatic carbocycles. The Kier molecular flexibility index (Phi) is 4.53. The average Bonchev–Trinajstić information content (AvgIpc) is 3.07. The van der Waals surface area contributed by atoms with Gasteiger partial charge in [0.2, 0.25) is 11.8 Å². The number of rotatable bonds is 5. The monoisotopic (exact) mass is 367 g/mol. The summed E-state index contributed by atoms with van der Waals surface area (Å²) in [4.78, 5) is 24.4. The van der Waals surface area contributed by atoms with Gasteiger partial charge in [0.25, 0.3) is 0 Å². The number of nitrogens with zero attached hydrogens (tertiary/aromatic N) is 3. The third-order valence-corrected chi connectivity index (χ3v) is 4.64. The number of carbonyl (C=O) groups excluding carboxylic acids is 2. The molecule has 1 aromatic heterocycles. The molecule has 1 aliphatic heterocycles. The zero-order valence-electron chi connectivity index (χ0n) is 14.5. The highest BCUT2D eigenvalue weighted by atomic mass is 19.1. The molecule has 138 valence electrons. The number of para-hydroxylation sites is 1. The standard InChI is InChI=1S/C19H18FN5O2/c20-12-6-7-13-14(11-18(26)22-16(13)10-12)19(27)21-8-3-9-25-17-5-2-1-4-15(17)23-24-25/h1-2,4-7,10,14H,3,8-9,11H2,(H,21,27)(H,22,26). The van der Waals surface area contributed by atoms with Gasteiger partial charge in [-0.05, 0) is 36.2 Å². The summed E-state index contributed by atoms with van der Waals surface area (Å²) in [6.07, 6.45) is 0.729. The first-order chi connectivity index (χ1) is 13.1. The molecule has 0 bridgehead atoms. The number of carbonyl (C=O) groups is 2. The van der Waals surface area contributed by atoms with Crippen LogP contribution in [0, 0.1) is 5.82 Å². The van der Waals surface area contributed by atoms with Gasteiger partial charge in [0, 0.05) is 25.2 Å². The zero-order valence-corrected chi connectivity index (χ0v) is 14.5. The molecule has 0 spiro atoms. The van der Waals surface area contributed by atoms with Crippen molar-refractivity contribution in [3.63, 3.8) is 0 Å². The van der Waals surface area contributed by atoms with Crippen LogP contribution in [0.5, 0.6) is 0 Å². The highest BCUT2D eigenvalue weighted by Crippen LogP contribution is 2.32. The van der Waals surface area contributed by atoms with E-state index < -0.39 is 11.7 Å². The molecule has 4 rings (SSSR count). The summed E-state index contributed by atoms with van der Waals surface area (Å²) < 4.78 is 15.2. The molecule has 2 heterocycles. The maximum atomic E-state index is 13.4. The Morgan fingerprint density at radius 2 is 2.15 bits per heavy atom. The predicted octanol–water partition coefficient (Wildman–Crippen LogP) is 2.20. The summed E-state index contributed by atoms with van der Waals surface area (Å²) >= 11 is 0. The van der Waals surface area contributed by atoms with E-state index in [1.165, 1.54) is 12.1 Å². The summed E-state index contributed by atoms with van der Waals surface area (Å²) in [5, 5.41) is 13.7. The molecular weight excluding hydrogens is 349 g/mol. The van der Waals surface area contributed by atoms with Crippen molar-refractivity contribution in [1.29, 1.82) is 0 Å². The average molecular weight is 367 g/mol. The van der Waals surface area contributed by atoms with Gasteiger partial charge in [-0.25, -0.2) is 9.07 Å². The second-order valence-corrected chi connectivity index (χ2v) is 6.48.